The predicted octanol–water partition coefficient (Wildman–Crippen LogP) is 7.58. The molecule has 0 saturated heterocycles. The minimum Gasteiger partial charge on any atom is -0.327 e. The van der Waals surface area contributed by atoms with Gasteiger partial charge in [0.2, 0.25) is 8.38 Å². The van der Waals surface area contributed by atoms with Gasteiger partial charge in [-0.25, -0.2) is 0 Å². The van der Waals surface area contributed by atoms with Crippen LogP contribution in [0.3, 0.4) is 0 Å². The third kappa shape index (κ3) is 6.28. The molecule has 3 rings (SSSR count). The van der Waals surface area contributed by atoms with E-state index in [1.807, 2.05) is 0 Å². The Labute approximate surface area is 181 Å². The van der Waals surface area contributed by atoms with E-state index in [1.165, 1.54) is 43.8 Å². The molecule has 164 valence electrons. The summed E-state index contributed by atoms with van der Waals surface area (Å²) in [5.41, 5.74) is 0. The predicted molar refractivity (Wildman–Crippen MR) is 125 cm³/mol. The van der Waals surface area contributed by atoms with Crippen molar-refractivity contribution in [3.63, 3.8) is 0 Å². The molecule has 0 radical (unpaired) electrons. The molecule has 1 aromatic rings. The van der Waals surface area contributed by atoms with E-state index in [0.29, 0.717) is 35.9 Å². The first-order valence-corrected chi connectivity index (χ1v) is 13.2. The molecule has 2 aliphatic carbocycles. The molecule has 2 saturated carbocycles. The van der Waals surface area contributed by atoms with Gasteiger partial charge in [0.05, 0.1) is 12.2 Å². The van der Waals surface area contributed by atoms with Crippen LogP contribution in [0.5, 0.6) is 0 Å². The second-order valence-electron chi connectivity index (χ2n) is 10.5. The van der Waals surface area contributed by atoms with E-state index < -0.39 is 8.38 Å². The molecule has 0 bridgehead atoms. The third-order valence-electron chi connectivity index (χ3n) is 7.35. The van der Waals surface area contributed by atoms with Gasteiger partial charge in [0.25, 0.3) is 0 Å². The average Bonchev–Trinajstić information content (AvgIpc) is 2.68. The van der Waals surface area contributed by atoms with Crippen molar-refractivity contribution in [3.05, 3.63) is 30.3 Å². The van der Waals surface area contributed by atoms with Crippen molar-refractivity contribution in [3.8, 4) is 0 Å². The number of hydrogen-bond donors (Lipinski definition) is 0. The van der Waals surface area contributed by atoms with Crippen LogP contribution in [0.4, 0.5) is 0 Å². The minimum atomic E-state index is -1.04. The van der Waals surface area contributed by atoms with Crippen LogP contribution in [0.2, 0.25) is 0 Å². The van der Waals surface area contributed by atoms with Crippen LogP contribution in [0.25, 0.3) is 0 Å². The lowest BCUT2D eigenvalue weighted by Crippen LogP contribution is -2.36. The molecule has 2 nitrogen and oxygen atoms in total. The maximum Gasteiger partial charge on any atom is 0.205 e. The molecule has 0 aliphatic heterocycles. The van der Waals surface area contributed by atoms with Gasteiger partial charge in [-0.05, 0) is 73.3 Å². The highest BCUT2D eigenvalue weighted by molar-refractivity contribution is 7.56. The van der Waals surface area contributed by atoms with Gasteiger partial charge >= 0.3 is 0 Å². The molecule has 0 N–H and O–H groups in total. The fourth-order valence-electron chi connectivity index (χ4n) is 5.41. The Kier molecular flexibility index (Phi) is 8.61. The fourth-order valence-corrected chi connectivity index (χ4v) is 7.10. The summed E-state index contributed by atoms with van der Waals surface area (Å²) in [4.78, 5) is 0. The maximum atomic E-state index is 6.93. The molecule has 3 heteroatoms. The highest BCUT2D eigenvalue weighted by Crippen LogP contribution is 2.49. The van der Waals surface area contributed by atoms with E-state index in [0.717, 1.165) is 11.8 Å². The van der Waals surface area contributed by atoms with E-state index in [4.69, 9.17) is 9.05 Å². The van der Waals surface area contributed by atoms with Crippen LogP contribution in [-0.4, -0.2) is 12.2 Å². The van der Waals surface area contributed by atoms with Crippen molar-refractivity contribution in [2.45, 2.75) is 92.3 Å². The SMILES string of the molecule is CC1CCC(C(C)C)C(OP(OC2CC(C)CCC2C(C)C)c2ccccc2)C1. The van der Waals surface area contributed by atoms with Gasteiger partial charge in [-0.2, -0.15) is 0 Å². The summed E-state index contributed by atoms with van der Waals surface area (Å²) in [6.45, 7) is 14.2. The molecule has 0 amide bonds. The van der Waals surface area contributed by atoms with Crippen molar-refractivity contribution < 1.29 is 9.05 Å². The van der Waals surface area contributed by atoms with Gasteiger partial charge < -0.3 is 9.05 Å². The average molecular weight is 419 g/mol. The topological polar surface area (TPSA) is 18.5 Å². The maximum absolute atomic E-state index is 6.93. The molecule has 2 fully saturated rings. The summed E-state index contributed by atoms with van der Waals surface area (Å²) < 4.78 is 13.9. The summed E-state index contributed by atoms with van der Waals surface area (Å²) in [6, 6.07) is 10.8. The van der Waals surface area contributed by atoms with E-state index >= 15 is 0 Å². The van der Waals surface area contributed by atoms with Gasteiger partial charge in [-0.1, -0.05) is 72.6 Å². The summed E-state index contributed by atoms with van der Waals surface area (Å²) in [5.74, 6) is 4.13. The smallest absolute Gasteiger partial charge is 0.205 e. The van der Waals surface area contributed by atoms with Crippen LogP contribution in [0.1, 0.15) is 80.1 Å². The first-order valence-electron chi connectivity index (χ1n) is 12.0. The van der Waals surface area contributed by atoms with Crippen LogP contribution >= 0.6 is 8.38 Å². The van der Waals surface area contributed by atoms with Crippen molar-refractivity contribution in [1.29, 1.82) is 0 Å². The molecule has 0 heterocycles. The molecular formula is C26H43O2P. The Hall–Kier alpha value is -0.430. The zero-order chi connectivity index (χ0) is 21.0. The summed E-state index contributed by atoms with van der Waals surface area (Å²) in [7, 11) is -1.04. The Morgan fingerprint density at radius 3 is 1.59 bits per heavy atom. The first kappa shape index (κ1) is 23.2. The molecule has 0 aromatic heterocycles. The molecule has 0 spiro atoms. The summed E-state index contributed by atoms with van der Waals surface area (Å²) in [6.07, 6.45) is 8.24. The van der Waals surface area contributed by atoms with E-state index in [1.54, 1.807) is 0 Å². The van der Waals surface area contributed by atoms with E-state index in [9.17, 15) is 0 Å². The molecule has 1 aromatic carbocycles. The zero-order valence-corrected chi connectivity index (χ0v) is 20.4. The van der Waals surface area contributed by atoms with E-state index in [2.05, 4.69) is 71.9 Å². The largest absolute Gasteiger partial charge is 0.327 e. The van der Waals surface area contributed by atoms with Crippen molar-refractivity contribution in [1.82, 2.24) is 0 Å². The van der Waals surface area contributed by atoms with Crippen LogP contribution in [0.15, 0.2) is 30.3 Å². The lowest BCUT2D eigenvalue weighted by Gasteiger charge is -2.41. The zero-order valence-electron chi connectivity index (χ0n) is 19.5. The minimum absolute atomic E-state index is 0.323. The molecule has 6 unspecified atom stereocenters. The Balaban J connectivity index is 1.81. The van der Waals surface area contributed by atoms with Gasteiger partial charge in [0.15, 0.2) is 0 Å². The quantitative estimate of drug-likeness (QED) is 0.425. The standard InChI is InChI=1S/C26H43O2P/c1-18(2)23-14-12-20(5)16-25(23)27-29(22-10-8-7-9-11-22)28-26-17-21(6)13-15-24(26)19(3)4/h7-11,18-21,23-26H,12-17H2,1-6H3. The normalized spacial score (nSPS) is 34.5. The van der Waals surface area contributed by atoms with Crippen LogP contribution < -0.4 is 5.30 Å². The fraction of sp³-hybridized carbons (Fsp3) is 0.769. The Morgan fingerprint density at radius 2 is 1.17 bits per heavy atom. The Morgan fingerprint density at radius 1 is 0.724 bits per heavy atom. The van der Waals surface area contributed by atoms with Gasteiger partial charge in [-0.15, -0.1) is 0 Å². The first-order chi connectivity index (χ1) is 13.8. The lowest BCUT2D eigenvalue weighted by molar-refractivity contribution is 0.0130. The highest BCUT2D eigenvalue weighted by atomic mass is 31.2. The molecule has 6 atom stereocenters. The summed E-state index contributed by atoms with van der Waals surface area (Å²) >= 11 is 0. The van der Waals surface area contributed by atoms with Gasteiger partial charge in [0.1, 0.15) is 0 Å². The van der Waals surface area contributed by atoms with Gasteiger partial charge in [0, 0.05) is 5.30 Å². The number of rotatable bonds is 7. The van der Waals surface area contributed by atoms with Crippen LogP contribution in [0, 0.1) is 35.5 Å². The molecule has 2 aliphatic rings. The van der Waals surface area contributed by atoms with Crippen molar-refractivity contribution in [2.75, 3.05) is 0 Å². The summed E-state index contributed by atoms with van der Waals surface area (Å²) in [5, 5.41) is 1.24. The lowest BCUT2D eigenvalue weighted by atomic mass is 9.75. The highest BCUT2D eigenvalue weighted by Gasteiger charge is 2.38. The second kappa shape index (κ2) is 10.7. The second-order valence-corrected chi connectivity index (χ2v) is 12.0. The van der Waals surface area contributed by atoms with E-state index in [-0.39, 0.29) is 0 Å². The van der Waals surface area contributed by atoms with Crippen molar-refractivity contribution >= 4 is 13.7 Å². The Bertz CT molecular complexity index is 568. The molecular weight excluding hydrogens is 375 g/mol. The number of benzene rings is 1. The van der Waals surface area contributed by atoms with Gasteiger partial charge in [-0.3, -0.25) is 0 Å². The number of hydrogen-bond acceptors (Lipinski definition) is 2. The molecule has 29 heavy (non-hydrogen) atoms. The monoisotopic (exact) mass is 418 g/mol. The third-order valence-corrected chi connectivity index (χ3v) is 9.00. The van der Waals surface area contributed by atoms with Crippen LogP contribution in [-0.2, 0) is 9.05 Å². The van der Waals surface area contributed by atoms with Crippen molar-refractivity contribution in [2.24, 2.45) is 35.5 Å².